The van der Waals surface area contributed by atoms with Gasteiger partial charge in [0.2, 0.25) is 5.95 Å². The monoisotopic (exact) mass is 367 g/mol. The minimum atomic E-state index is -0.858. The van der Waals surface area contributed by atoms with Gasteiger partial charge < -0.3 is 19.7 Å². The third-order valence-corrected chi connectivity index (χ3v) is 4.96. The van der Waals surface area contributed by atoms with Crippen LogP contribution in [0.5, 0.6) is 5.75 Å². The largest absolute Gasteiger partial charge is 0.497 e. The molecule has 140 valence electrons. The number of methoxy groups -OCH3 is 1. The van der Waals surface area contributed by atoms with Crippen LogP contribution in [0.1, 0.15) is 11.6 Å². The molecule has 1 aliphatic heterocycles. The van der Waals surface area contributed by atoms with Gasteiger partial charge in [-0.3, -0.25) is 9.69 Å². The van der Waals surface area contributed by atoms with E-state index in [4.69, 9.17) is 4.74 Å². The lowest BCUT2D eigenvalue weighted by atomic mass is 10.0. The number of hydrogen-bond acceptors (Lipinski definition) is 6. The lowest BCUT2D eigenvalue weighted by Gasteiger charge is -2.37. The van der Waals surface area contributed by atoms with Crippen LogP contribution in [0.15, 0.2) is 42.9 Å². The van der Waals surface area contributed by atoms with Gasteiger partial charge in [-0.05, 0) is 24.3 Å². The first kappa shape index (κ1) is 17.3. The van der Waals surface area contributed by atoms with Gasteiger partial charge in [-0.2, -0.15) is 0 Å². The van der Waals surface area contributed by atoms with Crippen molar-refractivity contribution in [3.05, 3.63) is 48.4 Å². The van der Waals surface area contributed by atoms with E-state index in [-0.39, 0.29) is 0 Å². The van der Waals surface area contributed by atoms with E-state index in [2.05, 4.69) is 19.9 Å². The lowest BCUT2D eigenvalue weighted by Crippen LogP contribution is -2.49. The van der Waals surface area contributed by atoms with Gasteiger partial charge >= 0.3 is 5.97 Å². The van der Waals surface area contributed by atoms with Crippen LogP contribution in [0.4, 0.5) is 5.95 Å². The maximum absolute atomic E-state index is 12.1. The van der Waals surface area contributed by atoms with Gasteiger partial charge in [0.1, 0.15) is 11.8 Å². The molecule has 0 aliphatic carbocycles. The number of piperazine rings is 1. The summed E-state index contributed by atoms with van der Waals surface area (Å²) in [7, 11) is 1.60. The predicted molar refractivity (Wildman–Crippen MR) is 101 cm³/mol. The predicted octanol–water partition coefficient (Wildman–Crippen LogP) is 1.91. The van der Waals surface area contributed by atoms with E-state index in [9.17, 15) is 9.90 Å². The average Bonchev–Trinajstić information content (AvgIpc) is 3.12. The third kappa shape index (κ3) is 3.31. The topological polar surface area (TPSA) is 94.6 Å². The van der Waals surface area contributed by atoms with Crippen molar-refractivity contribution in [3.8, 4) is 5.75 Å². The standard InChI is InChI=1S/C19H21N5O3/c1-27-13-3-4-16-14(11-13)15(12-22-16)17(18(25)26)23-7-9-24(10-8-23)19-20-5-2-6-21-19/h2-6,11-12,17,22H,7-10H2,1H3,(H,25,26). The highest BCUT2D eigenvalue weighted by Gasteiger charge is 2.32. The van der Waals surface area contributed by atoms with Crippen LogP contribution in [0.3, 0.4) is 0 Å². The molecule has 8 heteroatoms. The Labute approximate surface area is 156 Å². The first-order valence-electron chi connectivity index (χ1n) is 8.81. The maximum Gasteiger partial charge on any atom is 0.325 e. The Bertz CT molecular complexity index is 935. The summed E-state index contributed by atoms with van der Waals surface area (Å²) in [6.45, 7) is 2.59. The number of nitrogens with zero attached hydrogens (tertiary/aromatic N) is 4. The van der Waals surface area contributed by atoms with E-state index in [1.807, 2.05) is 23.1 Å². The first-order chi connectivity index (χ1) is 13.2. The summed E-state index contributed by atoms with van der Waals surface area (Å²) in [5.74, 6) is 0.530. The van der Waals surface area contributed by atoms with Crippen molar-refractivity contribution < 1.29 is 14.6 Å². The Morgan fingerprint density at radius 3 is 2.63 bits per heavy atom. The van der Waals surface area contributed by atoms with E-state index < -0.39 is 12.0 Å². The Morgan fingerprint density at radius 1 is 1.22 bits per heavy atom. The Kier molecular flexibility index (Phi) is 4.64. The van der Waals surface area contributed by atoms with E-state index >= 15 is 0 Å². The number of H-pyrrole nitrogens is 1. The van der Waals surface area contributed by atoms with Crippen LogP contribution in [0.25, 0.3) is 10.9 Å². The van der Waals surface area contributed by atoms with Crippen molar-refractivity contribution >= 4 is 22.8 Å². The quantitative estimate of drug-likeness (QED) is 0.711. The summed E-state index contributed by atoms with van der Waals surface area (Å²) in [5.41, 5.74) is 1.65. The molecule has 1 saturated heterocycles. The molecule has 1 fully saturated rings. The zero-order chi connectivity index (χ0) is 18.8. The number of rotatable bonds is 5. The molecular weight excluding hydrogens is 346 g/mol. The molecule has 27 heavy (non-hydrogen) atoms. The molecule has 2 N–H and O–H groups in total. The van der Waals surface area contributed by atoms with E-state index in [1.165, 1.54) is 0 Å². The van der Waals surface area contributed by atoms with Crippen molar-refractivity contribution in [2.75, 3.05) is 38.2 Å². The molecule has 2 aromatic heterocycles. The molecule has 1 aliphatic rings. The molecule has 1 unspecified atom stereocenters. The number of benzene rings is 1. The number of aliphatic carboxylic acids is 1. The molecule has 0 saturated carbocycles. The van der Waals surface area contributed by atoms with Gasteiger partial charge in [-0.25, -0.2) is 9.97 Å². The molecule has 0 spiro atoms. The van der Waals surface area contributed by atoms with Crippen molar-refractivity contribution in [2.24, 2.45) is 0 Å². The third-order valence-electron chi connectivity index (χ3n) is 4.96. The van der Waals surface area contributed by atoms with Crippen molar-refractivity contribution in [3.63, 3.8) is 0 Å². The van der Waals surface area contributed by atoms with Crippen LogP contribution in [0.2, 0.25) is 0 Å². The van der Waals surface area contributed by atoms with Gasteiger partial charge in [-0.1, -0.05) is 0 Å². The van der Waals surface area contributed by atoms with E-state index in [1.54, 1.807) is 31.8 Å². The summed E-state index contributed by atoms with van der Waals surface area (Å²) in [5, 5.41) is 10.8. The second-order valence-electron chi connectivity index (χ2n) is 6.47. The second-order valence-corrected chi connectivity index (χ2v) is 6.47. The molecule has 0 amide bonds. The zero-order valence-electron chi connectivity index (χ0n) is 15.0. The highest BCUT2D eigenvalue weighted by molar-refractivity contribution is 5.90. The van der Waals surface area contributed by atoms with Crippen molar-refractivity contribution in [1.82, 2.24) is 19.9 Å². The Balaban J connectivity index is 1.58. The highest BCUT2D eigenvalue weighted by Crippen LogP contribution is 2.32. The molecule has 8 nitrogen and oxygen atoms in total. The summed E-state index contributed by atoms with van der Waals surface area (Å²) in [6, 6.07) is 6.71. The zero-order valence-corrected chi connectivity index (χ0v) is 15.0. The fourth-order valence-corrected chi connectivity index (χ4v) is 3.60. The molecular formula is C19H21N5O3. The molecule has 3 heterocycles. The Hall–Kier alpha value is -3.13. The van der Waals surface area contributed by atoms with Crippen molar-refractivity contribution in [2.45, 2.75) is 6.04 Å². The SMILES string of the molecule is COc1ccc2[nH]cc(C(C(=O)O)N3CCN(c4ncccn4)CC3)c2c1. The highest BCUT2D eigenvalue weighted by atomic mass is 16.5. The number of fused-ring (bicyclic) bond motifs is 1. The summed E-state index contributed by atoms with van der Waals surface area (Å²) in [4.78, 5) is 27.9. The minimum absolute atomic E-state index is 0.617. The van der Waals surface area contributed by atoms with Crippen LogP contribution in [-0.4, -0.2) is 64.2 Å². The fraction of sp³-hybridized carbons (Fsp3) is 0.316. The molecule has 3 aromatic rings. The number of carboxylic acid groups (broad SMARTS) is 1. The number of aromatic nitrogens is 3. The smallest absolute Gasteiger partial charge is 0.325 e. The number of hydrogen-bond donors (Lipinski definition) is 2. The number of nitrogens with one attached hydrogen (secondary N) is 1. The normalized spacial score (nSPS) is 16.4. The molecule has 1 atom stereocenters. The number of ether oxygens (including phenoxy) is 1. The van der Waals surface area contributed by atoms with Gasteiger partial charge in [0.25, 0.3) is 0 Å². The molecule has 1 aromatic carbocycles. The molecule has 0 bridgehead atoms. The van der Waals surface area contributed by atoms with Gasteiger partial charge in [0, 0.05) is 61.2 Å². The number of carboxylic acids is 1. The molecule has 0 radical (unpaired) electrons. The van der Waals surface area contributed by atoms with E-state index in [0.717, 1.165) is 16.5 Å². The number of carbonyl (C=O) groups is 1. The van der Waals surface area contributed by atoms with Crippen molar-refractivity contribution in [1.29, 1.82) is 0 Å². The van der Waals surface area contributed by atoms with Crippen LogP contribution in [0, 0.1) is 0 Å². The van der Waals surface area contributed by atoms with E-state index in [0.29, 0.717) is 37.9 Å². The number of aromatic amines is 1. The lowest BCUT2D eigenvalue weighted by molar-refractivity contribution is -0.143. The average molecular weight is 367 g/mol. The summed E-state index contributed by atoms with van der Waals surface area (Å²) >= 11 is 0. The van der Waals surface area contributed by atoms with Gasteiger partial charge in [0.05, 0.1) is 7.11 Å². The molecule has 4 rings (SSSR count). The number of anilines is 1. The van der Waals surface area contributed by atoms with Gasteiger partial charge in [0.15, 0.2) is 0 Å². The maximum atomic E-state index is 12.1. The fourth-order valence-electron chi connectivity index (χ4n) is 3.60. The van der Waals surface area contributed by atoms with Gasteiger partial charge in [-0.15, -0.1) is 0 Å². The first-order valence-corrected chi connectivity index (χ1v) is 8.81. The van der Waals surface area contributed by atoms with Crippen LogP contribution >= 0.6 is 0 Å². The second kappa shape index (κ2) is 7.24. The Morgan fingerprint density at radius 2 is 1.96 bits per heavy atom. The van der Waals surface area contributed by atoms with Crippen LogP contribution in [-0.2, 0) is 4.79 Å². The summed E-state index contributed by atoms with van der Waals surface area (Å²) in [6.07, 6.45) is 5.22. The van der Waals surface area contributed by atoms with Crippen LogP contribution < -0.4 is 9.64 Å². The minimum Gasteiger partial charge on any atom is -0.497 e. The summed E-state index contributed by atoms with van der Waals surface area (Å²) < 4.78 is 5.30.